The molecular formula is C19H15ClN2O3S. The lowest BCUT2D eigenvalue weighted by Gasteiger charge is -2.12. The van der Waals surface area contributed by atoms with Crippen LogP contribution in [-0.2, 0) is 0 Å². The zero-order chi connectivity index (χ0) is 17.9. The van der Waals surface area contributed by atoms with Crippen LogP contribution < -0.4 is 14.8 Å². The fourth-order valence-corrected chi connectivity index (χ4v) is 3.54. The van der Waals surface area contributed by atoms with E-state index in [2.05, 4.69) is 10.3 Å². The van der Waals surface area contributed by atoms with Crippen LogP contribution in [0.4, 0.5) is 5.69 Å². The van der Waals surface area contributed by atoms with Crippen molar-refractivity contribution in [3.63, 3.8) is 0 Å². The topological polar surface area (TPSA) is 60.5 Å². The summed E-state index contributed by atoms with van der Waals surface area (Å²) in [7, 11) is 0. The molecule has 3 aromatic rings. The van der Waals surface area contributed by atoms with Crippen LogP contribution in [0.5, 0.6) is 11.5 Å². The molecule has 5 nitrogen and oxygen atoms in total. The van der Waals surface area contributed by atoms with Crippen molar-refractivity contribution >= 4 is 34.5 Å². The molecule has 0 atom stereocenters. The van der Waals surface area contributed by atoms with E-state index >= 15 is 0 Å². The molecule has 2 heterocycles. The maximum absolute atomic E-state index is 12.6. The van der Waals surface area contributed by atoms with Crippen molar-refractivity contribution in [2.75, 3.05) is 18.5 Å². The van der Waals surface area contributed by atoms with E-state index in [1.165, 1.54) is 0 Å². The van der Waals surface area contributed by atoms with Gasteiger partial charge in [-0.3, -0.25) is 4.79 Å². The normalized spacial score (nSPS) is 13.1. The van der Waals surface area contributed by atoms with E-state index in [-0.39, 0.29) is 5.91 Å². The number of carbonyl (C=O) groups is 1. The quantitative estimate of drug-likeness (QED) is 0.697. The molecule has 0 fully saturated rings. The summed E-state index contributed by atoms with van der Waals surface area (Å²) in [5.41, 5.74) is 2.12. The Hall–Kier alpha value is -2.57. The first kappa shape index (κ1) is 16.9. The lowest BCUT2D eigenvalue weighted by Crippen LogP contribution is -2.12. The highest BCUT2D eigenvalue weighted by Crippen LogP contribution is 2.38. The zero-order valence-electron chi connectivity index (χ0n) is 13.7. The van der Waals surface area contributed by atoms with Crippen LogP contribution in [0.3, 0.4) is 0 Å². The molecule has 26 heavy (non-hydrogen) atoms. The second-order valence-electron chi connectivity index (χ2n) is 5.70. The molecule has 0 saturated carbocycles. The molecule has 1 aliphatic rings. The minimum Gasteiger partial charge on any atom is -0.489 e. The predicted octanol–water partition coefficient (Wildman–Crippen LogP) is 4.88. The molecule has 7 heteroatoms. The summed E-state index contributed by atoms with van der Waals surface area (Å²) in [6, 6.07) is 10.8. The number of ether oxygens (including phenoxy) is 2. The predicted molar refractivity (Wildman–Crippen MR) is 103 cm³/mol. The Morgan fingerprint density at radius 2 is 1.96 bits per heavy atom. The highest BCUT2D eigenvalue weighted by atomic mass is 35.5. The second-order valence-corrected chi connectivity index (χ2v) is 7.01. The number of hydrogen-bond donors (Lipinski definition) is 1. The van der Waals surface area contributed by atoms with E-state index in [1.54, 1.807) is 29.7 Å². The Bertz CT molecular complexity index is 927. The molecule has 0 bridgehead atoms. The van der Waals surface area contributed by atoms with Crippen molar-refractivity contribution in [3.8, 4) is 22.1 Å². The van der Waals surface area contributed by atoms with Gasteiger partial charge in [-0.15, -0.1) is 11.3 Å². The molecule has 0 radical (unpaired) electrons. The highest BCUT2D eigenvalue weighted by molar-refractivity contribution is 7.13. The number of benzene rings is 2. The molecule has 0 aliphatic carbocycles. The van der Waals surface area contributed by atoms with Gasteiger partial charge in [-0.2, -0.15) is 0 Å². The number of amides is 1. The first-order valence-electron chi connectivity index (χ1n) is 8.11. The standard InChI is InChI=1S/C19H15ClN2O3S/c20-15-10-13(11-16-17(15)25-8-1-7-24-16)18(23)22-14-4-2-12(3-5-14)19-21-6-9-26-19/h2-6,9-11H,1,7-8H2,(H,22,23). The zero-order valence-corrected chi connectivity index (χ0v) is 15.3. The number of carbonyl (C=O) groups excluding carboxylic acids is 1. The summed E-state index contributed by atoms with van der Waals surface area (Å²) in [5.74, 6) is 0.734. The van der Waals surface area contributed by atoms with Gasteiger partial charge in [0.05, 0.1) is 18.2 Å². The molecule has 0 unspecified atom stereocenters. The number of anilines is 1. The van der Waals surface area contributed by atoms with Crippen LogP contribution in [-0.4, -0.2) is 24.1 Å². The van der Waals surface area contributed by atoms with Crippen molar-refractivity contribution in [2.45, 2.75) is 6.42 Å². The molecule has 0 spiro atoms. The lowest BCUT2D eigenvalue weighted by molar-refractivity contribution is 0.102. The summed E-state index contributed by atoms with van der Waals surface area (Å²) in [6.07, 6.45) is 2.54. The maximum Gasteiger partial charge on any atom is 0.255 e. The smallest absolute Gasteiger partial charge is 0.255 e. The molecule has 0 saturated heterocycles. The van der Waals surface area contributed by atoms with Crippen LogP contribution in [0.25, 0.3) is 10.6 Å². The Morgan fingerprint density at radius 1 is 1.15 bits per heavy atom. The average molecular weight is 387 g/mol. The first-order chi connectivity index (χ1) is 12.7. The summed E-state index contributed by atoms with van der Waals surface area (Å²) in [5, 5.41) is 6.11. The van der Waals surface area contributed by atoms with Crippen LogP contribution in [0.15, 0.2) is 48.0 Å². The number of halogens is 1. The number of thiazole rings is 1. The molecule has 1 amide bonds. The molecule has 132 valence electrons. The first-order valence-corrected chi connectivity index (χ1v) is 9.37. The SMILES string of the molecule is O=C(Nc1ccc(-c2nccs2)cc1)c1cc(Cl)c2c(c1)OCCCO2. The van der Waals surface area contributed by atoms with Crippen molar-refractivity contribution in [2.24, 2.45) is 0 Å². The van der Waals surface area contributed by atoms with Gasteiger partial charge in [-0.1, -0.05) is 11.6 Å². The third kappa shape index (κ3) is 3.52. The molecule has 1 N–H and O–H groups in total. The number of hydrogen-bond acceptors (Lipinski definition) is 5. The minimum absolute atomic E-state index is 0.260. The molecular weight excluding hydrogens is 372 g/mol. The van der Waals surface area contributed by atoms with E-state index < -0.39 is 0 Å². The number of nitrogens with zero attached hydrogens (tertiary/aromatic N) is 1. The highest BCUT2D eigenvalue weighted by Gasteiger charge is 2.18. The Balaban J connectivity index is 1.53. The van der Waals surface area contributed by atoms with Gasteiger partial charge >= 0.3 is 0 Å². The van der Waals surface area contributed by atoms with Gasteiger partial charge in [0.2, 0.25) is 0 Å². The average Bonchev–Trinajstić information content (AvgIpc) is 3.07. The van der Waals surface area contributed by atoms with Crippen molar-refractivity contribution in [3.05, 3.63) is 58.6 Å². The van der Waals surface area contributed by atoms with Crippen molar-refractivity contribution in [1.29, 1.82) is 0 Å². The minimum atomic E-state index is -0.260. The van der Waals surface area contributed by atoms with Gasteiger partial charge in [0, 0.05) is 34.8 Å². The number of rotatable bonds is 3. The van der Waals surface area contributed by atoms with Gasteiger partial charge in [0.1, 0.15) is 5.01 Å². The Labute approximate surface area is 159 Å². The van der Waals surface area contributed by atoms with E-state index in [1.807, 2.05) is 29.6 Å². The number of nitrogens with one attached hydrogen (secondary N) is 1. The summed E-state index contributed by atoms with van der Waals surface area (Å²) in [6.45, 7) is 1.08. The van der Waals surface area contributed by atoms with Crippen LogP contribution in [0.2, 0.25) is 5.02 Å². The molecule has 1 aromatic heterocycles. The van der Waals surface area contributed by atoms with E-state index in [0.717, 1.165) is 17.0 Å². The third-order valence-electron chi connectivity index (χ3n) is 3.89. The Morgan fingerprint density at radius 3 is 2.73 bits per heavy atom. The second kappa shape index (κ2) is 7.35. The van der Waals surface area contributed by atoms with Gasteiger partial charge in [0.25, 0.3) is 5.91 Å². The number of aromatic nitrogens is 1. The van der Waals surface area contributed by atoms with Crippen LogP contribution in [0.1, 0.15) is 16.8 Å². The summed E-state index contributed by atoms with van der Waals surface area (Å²) < 4.78 is 11.2. The summed E-state index contributed by atoms with van der Waals surface area (Å²) >= 11 is 7.82. The van der Waals surface area contributed by atoms with Crippen LogP contribution >= 0.6 is 22.9 Å². The largest absolute Gasteiger partial charge is 0.489 e. The monoisotopic (exact) mass is 386 g/mol. The molecule has 1 aliphatic heterocycles. The fraction of sp³-hybridized carbons (Fsp3) is 0.158. The lowest BCUT2D eigenvalue weighted by atomic mass is 10.1. The Kier molecular flexibility index (Phi) is 4.77. The maximum atomic E-state index is 12.6. The third-order valence-corrected chi connectivity index (χ3v) is 4.99. The van der Waals surface area contributed by atoms with E-state index in [0.29, 0.717) is 41.0 Å². The van der Waals surface area contributed by atoms with Gasteiger partial charge in [-0.25, -0.2) is 4.98 Å². The van der Waals surface area contributed by atoms with Crippen molar-refractivity contribution < 1.29 is 14.3 Å². The van der Waals surface area contributed by atoms with Gasteiger partial charge in [0.15, 0.2) is 11.5 Å². The van der Waals surface area contributed by atoms with Gasteiger partial charge < -0.3 is 14.8 Å². The van der Waals surface area contributed by atoms with Crippen molar-refractivity contribution in [1.82, 2.24) is 4.98 Å². The van der Waals surface area contributed by atoms with Crippen LogP contribution in [0, 0.1) is 0 Å². The number of fused-ring (bicyclic) bond motifs is 1. The van der Waals surface area contributed by atoms with Gasteiger partial charge in [-0.05, 0) is 36.4 Å². The molecule has 2 aromatic carbocycles. The van der Waals surface area contributed by atoms with E-state index in [9.17, 15) is 4.79 Å². The molecule has 4 rings (SSSR count). The van der Waals surface area contributed by atoms with E-state index in [4.69, 9.17) is 21.1 Å². The summed E-state index contributed by atoms with van der Waals surface area (Å²) in [4.78, 5) is 16.8. The fourth-order valence-electron chi connectivity index (χ4n) is 2.63.